The zero-order chi connectivity index (χ0) is 9.14. The highest BCUT2D eigenvalue weighted by Crippen LogP contribution is 2.22. The third-order valence-electron chi connectivity index (χ3n) is 1.56. The van der Waals surface area contributed by atoms with Gasteiger partial charge in [-0.05, 0) is 28.8 Å². The van der Waals surface area contributed by atoms with Crippen LogP contribution in [0.1, 0.15) is 19.5 Å². The molecule has 0 saturated heterocycles. The summed E-state index contributed by atoms with van der Waals surface area (Å²) in [5, 5.41) is 10.2. The van der Waals surface area contributed by atoms with E-state index in [1.54, 1.807) is 0 Å². The average Bonchev–Trinajstić information content (AvgIpc) is 2.30. The first-order chi connectivity index (χ1) is 5.61. The van der Waals surface area contributed by atoms with Crippen LogP contribution < -0.4 is 5.32 Å². The molecular weight excluding hydrogens is 218 g/mol. The van der Waals surface area contributed by atoms with Gasteiger partial charge in [-0.25, -0.2) is 0 Å². The summed E-state index contributed by atoms with van der Waals surface area (Å²) in [6.45, 7) is 7.26. The van der Waals surface area contributed by atoms with Crippen LogP contribution in [-0.2, 0) is 0 Å². The summed E-state index contributed by atoms with van der Waals surface area (Å²) < 4.78 is 1.03. The molecule has 0 bridgehead atoms. The molecular formula is C8H14BrN3. The Balaban J connectivity index is 2.58. The van der Waals surface area contributed by atoms with E-state index in [9.17, 15) is 0 Å². The van der Waals surface area contributed by atoms with Crippen LogP contribution in [0, 0.1) is 12.8 Å². The molecule has 1 aromatic rings. The van der Waals surface area contributed by atoms with Gasteiger partial charge in [-0.1, -0.05) is 13.8 Å². The van der Waals surface area contributed by atoms with Gasteiger partial charge in [0.15, 0.2) is 0 Å². The molecule has 0 radical (unpaired) electrons. The first-order valence-electron chi connectivity index (χ1n) is 4.05. The molecule has 0 aliphatic rings. The number of hydrogen-bond donors (Lipinski definition) is 2. The van der Waals surface area contributed by atoms with Crippen molar-refractivity contribution in [3.05, 3.63) is 10.2 Å². The molecule has 0 fully saturated rings. The van der Waals surface area contributed by atoms with Crippen molar-refractivity contribution < 1.29 is 0 Å². The van der Waals surface area contributed by atoms with E-state index < -0.39 is 0 Å². The third-order valence-corrected chi connectivity index (χ3v) is 2.53. The second-order valence-corrected chi connectivity index (χ2v) is 4.07. The van der Waals surface area contributed by atoms with E-state index in [4.69, 9.17) is 0 Å². The Morgan fingerprint density at radius 3 is 2.67 bits per heavy atom. The molecule has 12 heavy (non-hydrogen) atoms. The second kappa shape index (κ2) is 3.94. The van der Waals surface area contributed by atoms with Gasteiger partial charge in [0, 0.05) is 6.54 Å². The minimum Gasteiger partial charge on any atom is -0.369 e. The molecule has 0 aliphatic heterocycles. The molecule has 0 aliphatic carbocycles. The predicted octanol–water partition coefficient (Wildman–Crippen LogP) is 2.55. The van der Waals surface area contributed by atoms with Crippen LogP contribution in [0.2, 0.25) is 0 Å². The summed E-state index contributed by atoms with van der Waals surface area (Å²) >= 11 is 3.44. The number of nitrogens with one attached hydrogen (secondary N) is 2. The molecule has 0 amide bonds. The SMILES string of the molecule is Cc1n[nH]c(NCC(C)C)c1Br. The first-order valence-corrected chi connectivity index (χ1v) is 4.85. The van der Waals surface area contributed by atoms with Crippen LogP contribution in [0.4, 0.5) is 5.82 Å². The zero-order valence-corrected chi connectivity index (χ0v) is 9.20. The van der Waals surface area contributed by atoms with E-state index >= 15 is 0 Å². The van der Waals surface area contributed by atoms with E-state index in [1.165, 1.54) is 0 Å². The topological polar surface area (TPSA) is 40.7 Å². The largest absolute Gasteiger partial charge is 0.369 e. The monoisotopic (exact) mass is 231 g/mol. The number of anilines is 1. The summed E-state index contributed by atoms with van der Waals surface area (Å²) in [6.07, 6.45) is 0. The van der Waals surface area contributed by atoms with Crippen molar-refractivity contribution in [2.24, 2.45) is 5.92 Å². The van der Waals surface area contributed by atoms with E-state index in [0.717, 1.165) is 22.5 Å². The number of nitrogens with zero attached hydrogens (tertiary/aromatic N) is 1. The minimum atomic E-state index is 0.639. The summed E-state index contributed by atoms with van der Waals surface area (Å²) in [5.74, 6) is 1.61. The van der Waals surface area contributed by atoms with Crippen molar-refractivity contribution in [1.29, 1.82) is 0 Å². The predicted molar refractivity (Wildman–Crippen MR) is 54.4 cm³/mol. The molecule has 3 nitrogen and oxygen atoms in total. The highest BCUT2D eigenvalue weighted by atomic mass is 79.9. The number of H-pyrrole nitrogens is 1. The molecule has 0 spiro atoms. The van der Waals surface area contributed by atoms with Gasteiger partial charge in [-0.15, -0.1) is 0 Å². The van der Waals surface area contributed by atoms with Crippen LogP contribution in [0.3, 0.4) is 0 Å². The van der Waals surface area contributed by atoms with Crippen LogP contribution in [0.25, 0.3) is 0 Å². The van der Waals surface area contributed by atoms with Gasteiger partial charge < -0.3 is 5.32 Å². The standard InChI is InChI=1S/C8H14BrN3/c1-5(2)4-10-8-7(9)6(3)11-12-8/h5H,4H2,1-3H3,(H2,10,11,12). The highest BCUT2D eigenvalue weighted by Gasteiger charge is 2.05. The lowest BCUT2D eigenvalue weighted by molar-refractivity contribution is 0.686. The molecule has 2 N–H and O–H groups in total. The van der Waals surface area contributed by atoms with Crippen molar-refractivity contribution >= 4 is 21.7 Å². The molecule has 0 saturated carbocycles. The molecule has 0 atom stereocenters. The van der Waals surface area contributed by atoms with Gasteiger partial charge in [-0.3, -0.25) is 5.10 Å². The smallest absolute Gasteiger partial charge is 0.136 e. The number of hydrogen-bond acceptors (Lipinski definition) is 2. The van der Waals surface area contributed by atoms with Crippen LogP contribution in [0.5, 0.6) is 0 Å². The van der Waals surface area contributed by atoms with E-state index in [-0.39, 0.29) is 0 Å². The van der Waals surface area contributed by atoms with Gasteiger partial charge in [0.2, 0.25) is 0 Å². The Morgan fingerprint density at radius 1 is 1.58 bits per heavy atom. The molecule has 4 heteroatoms. The molecule has 68 valence electrons. The first kappa shape index (κ1) is 9.58. The highest BCUT2D eigenvalue weighted by molar-refractivity contribution is 9.10. The van der Waals surface area contributed by atoms with Gasteiger partial charge in [-0.2, -0.15) is 5.10 Å². The third kappa shape index (κ3) is 2.24. The Hall–Kier alpha value is -0.510. The minimum absolute atomic E-state index is 0.639. The molecule has 1 aromatic heterocycles. The van der Waals surface area contributed by atoms with Crippen molar-refractivity contribution in [2.75, 3.05) is 11.9 Å². The summed E-state index contributed by atoms with van der Waals surface area (Å²) in [7, 11) is 0. The average molecular weight is 232 g/mol. The van der Waals surface area contributed by atoms with E-state index in [1.807, 2.05) is 6.92 Å². The summed E-state index contributed by atoms with van der Waals surface area (Å²) in [6, 6.07) is 0. The fourth-order valence-electron chi connectivity index (χ4n) is 0.842. The van der Waals surface area contributed by atoms with E-state index in [0.29, 0.717) is 5.92 Å². The van der Waals surface area contributed by atoms with Crippen molar-refractivity contribution in [2.45, 2.75) is 20.8 Å². The van der Waals surface area contributed by atoms with Crippen LogP contribution in [0.15, 0.2) is 4.47 Å². The molecule has 0 aromatic carbocycles. The maximum Gasteiger partial charge on any atom is 0.136 e. The van der Waals surface area contributed by atoms with Crippen molar-refractivity contribution in [3.8, 4) is 0 Å². The maximum atomic E-state index is 4.06. The fourth-order valence-corrected chi connectivity index (χ4v) is 1.16. The summed E-state index contributed by atoms with van der Waals surface area (Å²) in [4.78, 5) is 0. The summed E-state index contributed by atoms with van der Waals surface area (Å²) in [5.41, 5.74) is 0.987. The number of halogens is 1. The van der Waals surface area contributed by atoms with Crippen LogP contribution >= 0.6 is 15.9 Å². The van der Waals surface area contributed by atoms with Gasteiger partial charge >= 0.3 is 0 Å². The van der Waals surface area contributed by atoms with Gasteiger partial charge in [0.1, 0.15) is 5.82 Å². The van der Waals surface area contributed by atoms with Crippen molar-refractivity contribution in [1.82, 2.24) is 10.2 Å². The van der Waals surface area contributed by atoms with Crippen molar-refractivity contribution in [3.63, 3.8) is 0 Å². The van der Waals surface area contributed by atoms with Gasteiger partial charge in [0.05, 0.1) is 10.2 Å². The maximum absolute atomic E-state index is 4.06. The Bertz CT molecular complexity index is 255. The normalized spacial score (nSPS) is 10.8. The zero-order valence-electron chi connectivity index (χ0n) is 7.61. The Kier molecular flexibility index (Phi) is 3.14. The number of rotatable bonds is 3. The number of aryl methyl sites for hydroxylation is 1. The molecule has 0 unspecified atom stereocenters. The lowest BCUT2D eigenvalue weighted by Gasteiger charge is -2.06. The van der Waals surface area contributed by atoms with Gasteiger partial charge in [0.25, 0.3) is 0 Å². The number of aromatic nitrogens is 2. The van der Waals surface area contributed by atoms with Crippen LogP contribution in [-0.4, -0.2) is 16.7 Å². The lowest BCUT2D eigenvalue weighted by Crippen LogP contribution is -2.08. The van der Waals surface area contributed by atoms with E-state index in [2.05, 4.69) is 45.3 Å². The lowest BCUT2D eigenvalue weighted by atomic mass is 10.2. The second-order valence-electron chi connectivity index (χ2n) is 3.27. The Morgan fingerprint density at radius 2 is 2.25 bits per heavy atom. The Labute approximate surface area is 81.1 Å². The molecule has 1 rings (SSSR count). The fraction of sp³-hybridized carbons (Fsp3) is 0.625. The number of aromatic amines is 1. The quantitative estimate of drug-likeness (QED) is 0.840. The molecule has 1 heterocycles.